The molecule has 146 valence electrons. The van der Waals surface area contributed by atoms with Gasteiger partial charge in [-0.3, -0.25) is 4.79 Å². The largest absolute Gasteiger partial charge is 0.466 e. The number of benzene rings is 1. The van der Waals surface area contributed by atoms with Crippen LogP contribution in [0.15, 0.2) is 44.8 Å². The topological polar surface area (TPSA) is 177 Å². The van der Waals surface area contributed by atoms with Crippen LogP contribution in [0.1, 0.15) is 0 Å². The molecule has 0 aliphatic carbocycles. The van der Waals surface area contributed by atoms with Crippen molar-refractivity contribution in [3.63, 3.8) is 0 Å². The van der Waals surface area contributed by atoms with Crippen molar-refractivity contribution < 1.29 is 27.9 Å². The minimum Gasteiger partial charge on any atom is -0.466 e. The fourth-order valence-corrected chi connectivity index (χ4v) is 3.26. The van der Waals surface area contributed by atoms with Gasteiger partial charge in [-0.2, -0.15) is 8.42 Å². The molecule has 0 unspecified atom stereocenters. The number of guanidine groups is 1. The number of methoxy groups -OCH3 is 1. The molecule has 27 heavy (non-hydrogen) atoms. The first-order chi connectivity index (χ1) is 12.7. The van der Waals surface area contributed by atoms with Crippen LogP contribution in [0.3, 0.4) is 0 Å². The molecule has 1 amide bonds. The third-order valence-electron chi connectivity index (χ3n) is 3.60. The van der Waals surface area contributed by atoms with Gasteiger partial charge in [0.05, 0.1) is 30.7 Å². The highest BCUT2D eigenvalue weighted by Gasteiger charge is 2.34. The summed E-state index contributed by atoms with van der Waals surface area (Å²) in [6.45, 7) is -0.212. The van der Waals surface area contributed by atoms with E-state index in [1.54, 1.807) is 0 Å². The Hall–Kier alpha value is -3.12. The Labute approximate surface area is 155 Å². The van der Waals surface area contributed by atoms with Gasteiger partial charge in [-0.05, 0) is 24.3 Å². The van der Waals surface area contributed by atoms with E-state index >= 15 is 0 Å². The lowest BCUT2D eigenvalue weighted by Crippen LogP contribution is -2.31. The SMILES string of the molecule is COC(=O)C1=C(Nc2ccc(S(=O)(=O)N=C(N)N)cc2)C(=O)N(CCO)C1. The zero-order chi connectivity index (χ0) is 20.2. The number of carbonyl (C=O) groups is 2. The monoisotopic (exact) mass is 397 g/mol. The van der Waals surface area contributed by atoms with Crippen molar-refractivity contribution in [1.82, 2.24) is 4.90 Å². The second kappa shape index (κ2) is 8.05. The smallest absolute Gasteiger partial charge is 0.337 e. The number of nitrogens with two attached hydrogens (primary N) is 2. The van der Waals surface area contributed by atoms with Crippen molar-refractivity contribution in [3.05, 3.63) is 35.5 Å². The van der Waals surface area contributed by atoms with Gasteiger partial charge >= 0.3 is 5.97 Å². The molecule has 0 bridgehead atoms. The number of nitrogens with one attached hydrogen (secondary N) is 1. The average Bonchev–Trinajstić information content (AvgIpc) is 2.90. The summed E-state index contributed by atoms with van der Waals surface area (Å²) in [5, 5.41) is 11.8. The molecule has 2 rings (SSSR count). The quantitative estimate of drug-likeness (QED) is 0.238. The molecule has 0 aromatic heterocycles. The zero-order valence-corrected chi connectivity index (χ0v) is 15.2. The second-order valence-electron chi connectivity index (χ2n) is 5.44. The summed E-state index contributed by atoms with van der Waals surface area (Å²) in [6.07, 6.45) is 0. The Morgan fingerprint density at radius 1 is 1.33 bits per heavy atom. The number of ether oxygens (including phenoxy) is 1. The summed E-state index contributed by atoms with van der Waals surface area (Å²) in [6, 6.07) is 5.26. The number of sulfonamides is 1. The lowest BCUT2D eigenvalue weighted by molar-refractivity contribution is -0.136. The number of amides is 1. The third kappa shape index (κ3) is 4.54. The summed E-state index contributed by atoms with van der Waals surface area (Å²) >= 11 is 0. The predicted octanol–water partition coefficient (Wildman–Crippen LogP) is -1.68. The molecular weight excluding hydrogens is 378 g/mol. The maximum absolute atomic E-state index is 12.4. The molecule has 6 N–H and O–H groups in total. The molecule has 1 aromatic rings. The molecule has 0 radical (unpaired) electrons. The number of nitrogens with zero attached hydrogens (tertiary/aromatic N) is 2. The maximum Gasteiger partial charge on any atom is 0.337 e. The molecule has 1 aromatic carbocycles. The normalized spacial score (nSPS) is 14.3. The number of rotatable bonds is 7. The van der Waals surface area contributed by atoms with Crippen LogP contribution in [0, 0.1) is 0 Å². The van der Waals surface area contributed by atoms with E-state index in [1.807, 2.05) is 0 Å². The molecule has 0 fully saturated rings. The van der Waals surface area contributed by atoms with Gasteiger partial charge in [0.1, 0.15) is 5.70 Å². The summed E-state index contributed by atoms with van der Waals surface area (Å²) in [4.78, 5) is 25.5. The van der Waals surface area contributed by atoms with Crippen molar-refractivity contribution in [2.24, 2.45) is 15.9 Å². The first kappa shape index (κ1) is 20.2. The fraction of sp³-hybridized carbons (Fsp3) is 0.267. The van der Waals surface area contributed by atoms with Crippen molar-refractivity contribution >= 4 is 33.5 Å². The van der Waals surface area contributed by atoms with Gasteiger partial charge in [-0.15, -0.1) is 4.40 Å². The van der Waals surface area contributed by atoms with Crippen molar-refractivity contribution in [2.45, 2.75) is 4.90 Å². The number of hydrogen-bond acceptors (Lipinski definition) is 7. The van der Waals surface area contributed by atoms with E-state index in [0.717, 1.165) is 0 Å². The van der Waals surface area contributed by atoms with E-state index in [-0.39, 0.29) is 35.9 Å². The van der Waals surface area contributed by atoms with Gasteiger partial charge in [0.2, 0.25) is 5.96 Å². The number of anilines is 1. The Morgan fingerprint density at radius 3 is 2.48 bits per heavy atom. The number of aliphatic hydroxyl groups is 1. The van der Waals surface area contributed by atoms with Gasteiger partial charge in [-0.1, -0.05) is 0 Å². The molecular formula is C15H19N5O6S. The van der Waals surface area contributed by atoms with Gasteiger partial charge in [-0.25, -0.2) is 4.79 Å². The molecule has 1 aliphatic rings. The van der Waals surface area contributed by atoms with E-state index in [1.165, 1.54) is 36.3 Å². The highest BCUT2D eigenvalue weighted by atomic mass is 32.2. The number of β-amino-alcohol motifs (C(OH)–C–C–N with tert-alkyl or cyclic N) is 1. The number of hydrogen-bond donors (Lipinski definition) is 4. The minimum atomic E-state index is -4.04. The van der Waals surface area contributed by atoms with Crippen LogP contribution in [0.2, 0.25) is 0 Å². The van der Waals surface area contributed by atoms with Crippen LogP contribution in [0.4, 0.5) is 5.69 Å². The molecule has 0 spiro atoms. The number of aliphatic hydroxyl groups excluding tert-OH is 1. The van der Waals surface area contributed by atoms with Crippen molar-refractivity contribution in [2.75, 3.05) is 32.1 Å². The van der Waals surface area contributed by atoms with Crippen LogP contribution in [0.25, 0.3) is 0 Å². The molecule has 1 heterocycles. The van der Waals surface area contributed by atoms with Crippen LogP contribution in [-0.2, 0) is 24.3 Å². The molecule has 12 heteroatoms. The lowest BCUT2D eigenvalue weighted by atomic mass is 10.2. The fourth-order valence-electron chi connectivity index (χ4n) is 2.40. The first-order valence-corrected chi connectivity index (χ1v) is 9.08. The summed E-state index contributed by atoms with van der Waals surface area (Å²) in [7, 11) is -2.85. The first-order valence-electron chi connectivity index (χ1n) is 7.64. The standard InChI is InChI=1S/C15H19N5O6S/c1-26-14(23)11-8-20(6-7-21)13(22)12(11)18-9-2-4-10(5-3-9)27(24,25)19-15(16)17/h2-5,18,21H,6-8H2,1H3,(H4,16,17,19). The van der Waals surface area contributed by atoms with Crippen LogP contribution in [0.5, 0.6) is 0 Å². The molecule has 0 saturated carbocycles. The maximum atomic E-state index is 12.4. The van der Waals surface area contributed by atoms with Gasteiger partial charge in [0.25, 0.3) is 15.9 Å². The van der Waals surface area contributed by atoms with Crippen molar-refractivity contribution in [3.8, 4) is 0 Å². The van der Waals surface area contributed by atoms with E-state index in [4.69, 9.17) is 16.6 Å². The summed E-state index contributed by atoms with van der Waals surface area (Å²) in [5.74, 6) is -1.76. The van der Waals surface area contributed by atoms with Gasteiger partial charge in [0.15, 0.2) is 0 Å². The minimum absolute atomic E-state index is 0.00451. The molecule has 1 aliphatic heterocycles. The summed E-state index contributed by atoms with van der Waals surface area (Å²) in [5.41, 5.74) is 10.6. The van der Waals surface area contributed by atoms with E-state index in [2.05, 4.69) is 14.5 Å². The van der Waals surface area contributed by atoms with Crippen LogP contribution < -0.4 is 16.8 Å². The molecule has 0 atom stereocenters. The number of carbonyl (C=O) groups excluding carboxylic acids is 2. The van der Waals surface area contributed by atoms with Crippen LogP contribution >= 0.6 is 0 Å². The van der Waals surface area contributed by atoms with E-state index in [9.17, 15) is 18.0 Å². The van der Waals surface area contributed by atoms with Gasteiger partial charge < -0.3 is 31.5 Å². The molecule has 11 nitrogen and oxygen atoms in total. The highest BCUT2D eigenvalue weighted by Crippen LogP contribution is 2.24. The third-order valence-corrected chi connectivity index (χ3v) is 4.92. The number of esters is 1. The second-order valence-corrected chi connectivity index (χ2v) is 7.04. The van der Waals surface area contributed by atoms with Crippen molar-refractivity contribution in [1.29, 1.82) is 0 Å². The Balaban J connectivity index is 2.30. The highest BCUT2D eigenvalue weighted by molar-refractivity contribution is 7.90. The average molecular weight is 397 g/mol. The van der Waals surface area contributed by atoms with Crippen LogP contribution in [-0.4, -0.2) is 63.1 Å². The molecule has 0 saturated heterocycles. The Bertz CT molecular complexity index is 903. The lowest BCUT2D eigenvalue weighted by Gasteiger charge is -2.15. The van der Waals surface area contributed by atoms with E-state index in [0.29, 0.717) is 5.69 Å². The van der Waals surface area contributed by atoms with E-state index < -0.39 is 27.9 Å². The van der Waals surface area contributed by atoms with Gasteiger partial charge in [0, 0.05) is 12.2 Å². The predicted molar refractivity (Wildman–Crippen MR) is 95.8 cm³/mol. The Morgan fingerprint density at radius 2 is 1.96 bits per heavy atom. The zero-order valence-electron chi connectivity index (χ0n) is 14.4. The summed E-state index contributed by atoms with van der Waals surface area (Å²) < 4.78 is 31.7. The Kier molecular flexibility index (Phi) is 6.02.